The van der Waals surface area contributed by atoms with Crippen molar-refractivity contribution in [1.29, 1.82) is 0 Å². The molecule has 0 saturated carbocycles. The first kappa shape index (κ1) is 15.0. The summed E-state index contributed by atoms with van der Waals surface area (Å²) in [5, 5.41) is 8.48. The number of carbonyl (C=O) groups is 2. The molecule has 0 aliphatic heterocycles. The molecule has 104 valence electrons. The van der Waals surface area contributed by atoms with Gasteiger partial charge in [0.2, 0.25) is 0 Å². The summed E-state index contributed by atoms with van der Waals surface area (Å²) in [5.41, 5.74) is 1.07. The first-order valence-corrected chi connectivity index (χ1v) is 6.04. The third kappa shape index (κ3) is 5.42. The van der Waals surface area contributed by atoms with E-state index in [1.165, 1.54) is 7.11 Å². The molecule has 0 spiro atoms. The van der Waals surface area contributed by atoms with E-state index in [1.54, 1.807) is 12.1 Å². The summed E-state index contributed by atoms with van der Waals surface area (Å²) in [6.45, 7) is 1.48. The van der Waals surface area contributed by atoms with Gasteiger partial charge in [0.15, 0.2) is 6.61 Å². The number of rotatable bonds is 7. The molecule has 0 radical (unpaired) electrons. The fourth-order valence-corrected chi connectivity index (χ4v) is 1.60. The Kier molecular flexibility index (Phi) is 5.85. The van der Waals surface area contributed by atoms with E-state index in [-0.39, 0.29) is 18.5 Å². The highest BCUT2D eigenvalue weighted by molar-refractivity contribution is 5.71. The average molecular weight is 266 g/mol. The fourth-order valence-electron chi connectivity index (χ4n) is 1.60. The van der Waals surface area contributed by atoms with E-state index in [0.29, 0.717) is 12.2 Å². The van der Waals surface area contributed by atoms with E-state index in [9.17, 15) is 9.59 Å². The van der Waals surface area contributed by atoms with E-state index in [1.807, 2.05) is 19.1 Å². The molecule has 0 saturated heterocycles. The van der Waals surface area contributed by atoms with Crippen LogP contribution >= 0.6 is 0 Å². The largest absolute Gasteiger partial charge is 0.482 e. The van der Waals surface area contributed by atoms with Gasteiger partial charge in [0, 0.05) is 0 Å². The highest BCUT2D eigenvalue weighted by atomic mass is 16.5. The second-order valence-corrected chi connectivity index (χ2v) is 4.29. The molecule has 1 rings (SSSR count). The number of carbonyl (C=O) groups excluding carboxylic acids is 1. The zero-order valence-corrected chi connectivity index (χ0v) is 11.1. The van der Waals surface area contributed by atoms with E-state index in [4.69, 9.17) is 9.84 Å². The van der Waals surface area contributed by atoms with Crippen LogP contribution in [0.3, 0.4) is 0 Å². The molecule has 0 bridgehead atoms. The average Bonchev–Trinajstić information content (AvgIpc) is 2.42. The number of ether oxygens (including phenoxy) is 2. The summed E-state index contributed by atoms with van der Waals surface area (Å²) in [5.74, 6) is -0.822. The summed E-state index contributed by atoms with van der Waals surface area (Å²) in [6, 6.07) is 7.17. The standard InChI is InChI=1S/C14H18O5/c1-10(14(17)18-2)3-4-11-5-7-12(8-6-11)19-9-13(15)16/h5-8,10H,3-4,9H2,1-2H3,(H,15,16)/t10-/m0/s1. The van der Waals surface area contributed by atoms with Gasteiger partial charge in [-0.1, -0.05) is 19.1 Å². The smallest absolute Gasteiger partial charge is 0.341 e. The lowest BCUT2D eigenvalue weighted by atomic mass is 10.0. The fraction of sp³-hybridized carbons (Fsp3) is 0.429. The molecule has 0 amide bonds. The number of carboxylic acid groups (broad SMARTS) is 1. The molecule has 1 aromatic carbocycles. The maximum Gasteiger partial charge on any atom is 0.341 e. The van der Waals surface area contributed by atoms with Crippen molar-refractivity contribution in [3.63, 3.8) is 0 Å². The Labute approximate surface area is 112 Å². The topological polar surface area (TPSA) is 72.8 Å². The summed E-state index contributed by atoms with van der Waals surface area (Å²) < 4.78 is 9.69. The SMILES string of the molecule is COC(=O)[C@@H](C)CCc1ccc(OCC(=O)O)cc1. The molecule has 0 unspecified atom stereocenters. The number of esters is 1. The number of carboxylic acids is 1. The van der Waals surface area contributed by atoms with Gasteiger partial charge in [-0.05, 0) is 30.5 Å². The molecule has 0 aliphatic carbocycles. The monoisotopic (exact) mass is 266 g/mol. The Morgan fingerprint density at radius 2 is 1.89 bits per heavy atom. The second kappa shape index (κ2) is 7.41. The minimum Gasteiger partial charge on any atom is -0.482 e. The van der Waals surface area contributed by atoms with Crippen molar-refractivity contribution in [1.82, 2.24) is 0 Å². The Bertz CT molecular complexity index is 424. The number of hydrogen-bond donors (Lipinski definition) is 1. The van der Waals surface area contributed by atoms with Gasteiger partial charge in [0.25, 0.3) is 0 Å². The van der Waals surface area contributed by atoms with Crippen LogP contribution < -0.4 is 4.74 Å². The second-order valence-electron chi connectivity index (χ2n) is 4.29. The minimum atomic E-state index is -1.00. The number of aryl methyl sites for hydroxylation is 1. The molecule has 1 aromatic rings. The number of hydrogen-bond acceptors (Lipinski definition) is 4. The maximum atomic E-state index is 11.2. The van der Waals surface area contributed by atoms with Crippen LogP contribution in [0, 0.1) is 5.92 Å². The summed E-state index contributed by atoms with van der Waals surface area (Å²) >= 11 is 0. The summed E-state index contributed by atoms with van der Waals surface area (Å²) in [7, 11) is 1.38. The van der Waals surface area contributed by atoms with Crippen LogP contribution in [-0.4, -0.2) is 30.8 Å². The van der Waals surface area contributed by atoms with E-state index >= 15 is 0 Å². The van der Waals surface area contributed by atoms with Gasteiger partial charge < -0.3 is 14.6 Å². The molecule has 1 atom stereocenters. The summed E-state index contributed by atoms with van der Waals surface area (Å²) in [6.07, 6.45) is 1.47. The van der Waals surface area contributed by atoms with Crippen molar-refractivity contribution >= 4 is 11.9 Å². The van der Waals surface area contributed by atoms with Crippen molar-refractivity contribution in [3.05, 3.63) is 29.8 Å². The Morgan fingerprint density at radius 3 is 2.42 bits per heavy atom. The number of aliphatic carboxylic acids is 1. The van der Waals surface area contributed by atoms with Crippen LogP contribution in [0.25, 0.3) is 0 Å². The Hall–Kier alpha value is -2.04. The molecule has 1 N–H and O–H groups in total. The van der Waals surface area contributed by atoms with Crippen molar-refractivity contribution < 1.29 is 24.2 Å². The first-order valence-electron chi connectivity index (χ1n) is 6.04. The minimum absolute atomic E-state index is 0.132. The highest BCUT2D eigenvalue weighted by Gasteiger charge is 2.12. The molecule has 0 fully saturated rings. The molecule has 0 aliphatic rings. The van der Waals surface area contributed by atoms with Gasteiger partial charge in [0.1, 0.15) is 5.75 Å². The maximum absolute atomic E-state index is 11.2. The van der Waals surface area contributed by atoms with Gasteiger partial charge in [-0.25, -0.2) is 4.79 Å². The van der Waals surface area contributed by atoms with Crippen LogP contribution in [0.2, 0.25) is 0 Å². The van der Waals surface area contributed by atoms with Crippen LogP contribution in [0.5, 0.6) is 5.75 Å². The van der Waals surface area contributed by atoms with Gasteiger partial charge in [0.05, 0.1) is 13.0 Å². The van der Waals surface area contributed by atoms with E-state index < -0.39 is 5.97 Å². The van der Waals surface area contributed by atoms with Crippen molar-refractivity contribution in [2.75, 3.05) is 13.7 Å². The first-order chi connectivity index (χ1) is 9.02. The molecular weight excluding hydrogens is 248 g/mol. The van der Waals surface area contributed by atoms with Gasteiger partial charge in [-0.15, -0.1) is 0 Å². The zero-order chi connectivity index (χ0) is 14.3. The van der Waals surface area contributed by atoms with Gasteiger partial charge in [-0.3, -0.25) is 4.79 Å². The van der Waals surface area contributed by atoms with Crippen LogP contribution in [0.1, 0.15) is 18.9 Å². The molecule has 5 heteroatoms. The third-order valence-corrected chi connectivity index (χ3v) is 2.76. The molecule has 19 heavy (non-hydrogen) atoms. The number of benzene rings is 1. The lowest BCUT2D eigenvalue weighted by Gasteiger charge is -2.09. The predicted molar refractivity (Wildman–Crippen MR) is 69.1 cm³/mol. The molecular formula is C14H18O5. The van der Waals surface area contributed by atoms with Crippen molar-refractivity contribution in [2.24, 2.45) is 5.92 Å². The Balaban J connectivity index is 2.44. The zero-order valence-electron chi connectivity index (χ0n) is 11.1. The quantitative estimate of drug-likeness (QED) is 0.763. The Morgan fingerprint density at radius 1 is 1.26 bits per heavy atom. The van der Waals surface area contributed by atoms with Crippen molar-refractivity contribution in [2.45, 2.75) is 19.8 Å². The van der Waals surface area contributed by atoms with Crippen LogP contribution in [0.4, 0.5) is 0 Å². The summed E-state index contributed by atoms with van der Waals surface area (Å²) in [4.78, 5) is 21.6. The van der Waals surface area contributed by atoms with Gasteiger partial charge >= 0.3 is 11.9 Å². The predicted octanol–water partition coefficient (Wildman–Crippen LogP) is 1.89. The number of methoxy groups -OCH3 is 1. The van der Waals surface area contributed by atoms with Gasteiger partial charge in [-0.2, -0.15) is 0 Å². The van der Waals surface area contributed by atoms with Crippen molar-refractivity contribution in [3.8, 4) is 5.75 Å². The lowest BCUT2D eigenvalue weighted by Crippen LogP contribution is -2.13. The lowest BCUT2D eigenvalue weighted by molar-refractivity contribution is -0.145. The van der Waals surface area contributed by atoms with Crippen LogP contribution in [0.15, 0.2) is 24.3 Å². The molecule has 0 heterocycles. The van der Waals surface area contributed by atoms with Crippen LogP contribution in [-0.2, 0) is 20.7 Å². The third-order valence-electron chi connectivity index (χ3n) is 2.76. The normalized spacial score (nSPS) is 11.7. The van der Waals surface area contributed by atoms with E-state index in [2.05, 4.69) is 4.74 Å². The van der Waals surface area contributed by atoms with E-state index in [0.717, 1.165) is 12.0 Å². The molecule has 0 aromatic heterocycles. The molecule has 5 nitrogen and oxygen atoms in total. The highest BCUT2D eigenvalue weighted by Crippen LogP contribution is 2.15.